The number of alkyl halides is 8. The Balaban J connectivity index is 1.19. The number of pyridine rings is 1. The van der Waals surface area contributed by atoms with Gasteiger partial charge < -0.3 is 40.5 Å². The lowest BCUT2D eigenvalue weighted by molar-refractivity contribution is -0.221. The van der Waals surface area contributed by atoms with Crippen LogP contribution in [-0.2, 0) is 32.0 Å². The first-order valence-corrected chi connectivity index (χ1v) is 24.0. The number of rotatable bonds is 20. The number of hydrogen-bond acceptors (Lipinski definition) is 12. The van der Waals surface area contributed by atoms with Crippen molar-refractivity contribution in [2.24, 2.45) is 10.8 Å². The van der Waals surface area contributed by atoms with Gasteiger partial charge >= 0.3 is 31.1 Å². The number of aromatic nitrogens is 3. The maximum absolute atomic E-state index is 16.0. The third-order valence-corrected chi connectivity index (χ3v) is 14.3. The smallest absolute Gasteiger partial charge is 0.407 e. The molecule has 28 heteroatoms. The molecule has 4 aliphatic rings. The Labute approximate surface area is 434 Å². The van der Waals surface area contributed by atoms with E-state index >= 15 is 8.78 Å². The molecule has 2 aromatic carbocycles. The Kier molecular flexibility index (Phi) is 17.0. The number of alkyl carbamates (subject to hydrolysis) is 1. The summed E-state index contributed by atoms with van der Waals surface area (Å²) in [6, 6.07) is 6.68. The van der Waals surface area contributed by atoms with Gasteiger partial charge in [0.25, 0.3) is 5.91 Å². The van der Waals surface area contributed by atoms with Crippen molar-refractivity contribution in [3.05, 3.63) is 89.8 Å². The molecule has 2 aromatic heterocycles. The molecule has 6 heterocycles. The van der Waals surface area contributed by atoms with Crippen molar-refractivity contribution in [3.63, 3.8) is 0 Å². The highest BCUT2D eigenvalue weighted by molar-refractivity contribution is 5.87. The van der Waals surface area contributed by atoms with Crippen molar-refractivity contribution in [3.8, 4) is 22.4 Å². The van der Waals surface area contributed by atoms with Crippen LogP contribution in [0.4, 0.5) is 59.3 Å². The highest BCUT2D eigenvalue weighted by atomic mass is 19.4. The number of benzene rings is 2. The van der Waals surface area contributed by atoms with E-state index in [-0.39, 0.29) is 15.9 Å². The zero-order chi connectivity index (χ0) is 56.5. The number of methoxy groups -OCH3 is 1. The first-order chi connectivity index (χ1) is 36.0. The second-order valence-corrected chi connectivity index (χ2v) is 20.2. The van der Waals surface area contributed by atoms with Crippen LogP contribution in [-0.4, -0.2) is 154 Å². The number of nitrogens with one attached hydrogen (secondary N) is 4. The Morgan fingerprint density at radius 3 is 1.88 bits per heavy atom. The summed E-state index contributed by atoms with van der Waals surface area (Å²) in [5.41, 5.74) is -4.30. The Morgan fingerprint density at radius 2 is 1.39 bits per heavy atom. The highest BCUT2D eigenvalue weighted by Crippen LogP contribution is 2.42. The van der Waals surface area contributed by atoms with Gasteiger partial charge in [-0.05, 0) is 82.0 Å². The molecule has 0 spiro atoms. The minimum Gasteiger partial charge on any atom is -0.465 e. The number of piperidine rings is 1. The summed E-state index contributed by atoms with van der Waals surface area (Å²) < 4.78 is 155. The van der Waals surface area contributed by atoms with Gasteiger partial charge in [-0.15, -0.1) is 0 Å². The van der Waals surface area contributed by atoms with Crippen LogP contribution in [0, 0.1) is 22.5 Å². The van der Waals surface area contributed by atoms with Crippen molar-refractivity contribution >= 4 is 29.8 Å². The minimum atomic E-state index is -5.28. The molecule has 420 valence electrons. The van der Waals surface area contributed by atoms with Crippen LogP contribution < -0.4 is 26.3 Å². The van der Waals surface area contributed by atoms with Crippen LogP contribution in [0.2, 0.25) is 0 Å². The number of amides is 4. The summed E-state index contributed by atoms with van der Waals surface area (Å²) >= 11 is 0. The van der Waals surface area contributed by atoms with Crippen molar-refractivity contribution in [2.75, 3.05) is 44.9 Å². The second kappa shape index (κ2) is 22.7. The van der Waals surface area contributed by atoms with E-state index in [1.165, 1.54) is 17.4 Å². The summed E-state index contributed by atoms with van der Waals surface area (Å²) in [6.07, 6.45) is -13.1. The summed E-state index contributed by atoms with van der Waals surface area (Å²) in [5, 5.41) is 31.2. The number of carboxylic acid groups (broad SMARTS) is 1. The molecule has 18 nitrogen and oxygen atoms in total. The summed E-state index contributed by atoms with van der Waals surface area (Å²) in [6.45, 7) is -0.267. The molecule has 4 saturated heterocycles. The van der Waals surface area contributed by atoms with Gasteiger partial charge in [0.1, 0.15) is 29.5 Å². The first-order valence-electron chi connectivity index (χ1n) is 24.0. The molecule has 4 fully saturated rings. The quantitative estimate of drug-likeness (QED) is 0.0418. The maximum atomic E-state index is 16.0. The van der Waals surface area contributed by atoms with Gasteiger partial charge in [-0.2, -0.15) is 40.2 Å². The second-order valence-electron chi connectivity index (χ2n) is 20.2. The number of nitrogens with zero attached hydrogens (tertiary/aromatic N) is 6. The van der Waals surface area contributed by atoms with E-state index in [2.05, 4.69) is 25.0 Å². The third kappa shape index (κ3) is 12.8. The number of hydrogen-bond donors (Lipinski definition) is 6. The van der Waals surface area contributed by atoms with Gasteiger partial charge in [-0.25, -0.2) is 33.0 Å². The minimum absolute atomic E-state index is 0.191. The van der Waals surface area contributed by atoms with Crippen molar-refractivity contribution in [1.29, 1.82) is 0 Å². The topological polar surface area (TPSA) is 216 Å². The number of carbonyl (C=O) groups is 4. The number of anilines is 1. The van der Waals surface area contributed by atoms with Crippen molar-refractivity contribution in [1.82, 2.24) is 46.0 Å². The monoisotopic (exact) mass is 1100 g/mol. The predicted octanol–water partition coefficient (Wildman–Crippen LogP) is 6.41. The van der Waals surface area contributed by atoms with E-state index in [9.17, 15) is 64.5 Å². The number of aliphatic hydroxyl groups is 1. The molecule has 4 aromatic rings. The molecular formula is C49H56F10N10O8. The van der Waals surface area contributed by atoms with Gasteiger partial charge in [-0.3, -0.25) is 19.9 Å². The summed E-state index contributed by atoms with van der Waals surface area (Å²) in [4.78, 5) is 61.5. The molecule has 4 amide bonds. The molecule has 2 bridgehead atoms. The van der Waals surface area contributed by atoms with E-state index < -0.39 is 115 Å². The molecule has 6 N–H and O–H groups in total. The van der Waals surface area contributed by atoms with Crippen molar-refractivity contribution in [2.45, 2.75) is 108 Å². The molecule has 0 radical (unpaired) electrons. The standard InChI is InChI=1S/C49H56F10N10O8/c1-46(2,48(54,55)56)39(63-45(75)76-5)41(71)61-36(14-25-6-8-26(9-7-25)27-10-11-38(60-18-27)66-19-29-17-30(20-66)69(29)31-23-77-24-31)37(70)22-67(65-42(72)40(62-44(73)74)47(3,4)49(57,58)59)21-32-33(50)15-28(16-34(32)51)35-12-13-68(64-35)43(52)53/h6-13,15-16,18,29-31,36-37,39-40,43,62,70H,14,17,19-24H2,1-5H3,(H,61,71)(H,63,75)(H,65,72)(H,73,74). The van der Waals surface area contributed by atoms with E-state index in [0.29, 0.717) is 79.7 Å². The fraction of sp³-hybridized carbons (Fsp3) is 0.510. The molecule has 6 atom stereocenters. The predicted molar refractivity (Wildman–Crippen MR) is 254 cm³/mol. The zero-order valence-corrected chi connectivity index (χ0v) is 41.9. The Morgan fingerprint density at radius 1 is 0.805 bits per heavy atom. The third-order valence-electron chi connectivity index (χ3n) is 14.3. The molecule has 6 unspecified atom stereocenters. The fourth-order valence-electron chi connectivity index (χ4n) is 9.39. The summed E-state index contributed by atoms with van der Waals surface area (Å²) in [7, 11) is 0.816. The molecule has 77 heavy (non-hydrogen) atoms. The van der Waals surface area contributed by atoms with E-state index in [1.807, 2.05) is 22.9 Å². The molecule has 0 aliphatic carbocycles. The van der Waals surface area contributed by atoms with Gasteiger partial charge in [0.05, 0.1) is 55.0 Å². The van der Waals surface area contributed by atoms with Gasteiger partial charge in [0.15, 0.2) is 0 Å². The number of piperazine rings is 1. The lowest BCUT2D eigenvalue weighted by Gasteiger charge is -2.60. The number of carbonyl (C=O) groups excluding carboxylic acids is 3. The van der Waals surface area contributed by atoms with Gasteiger partial charge in [-0.1, -0.05) is 24.3 Å². The lowest BCUT2D eigenvalue weighted by atomic mass is 9.82. The maximum Gasteiger partial charge on any atom is 0.407 e. The normalized spacial score (nSPS) is 18.9. The molecule has 0 saturated carbocycles. The van der Waals surface area contributed by atoms with E-state index in [4.69, 9.17) is 9.72 Å². The van der Waals surface area contributed by atoms with Crippen LogP contribution in [0.5, 0.6) is 0 Å². The number of hydrazine groups is 1. The SMILES string of the molecule is COC(=O)NC(C(=O)NC(Cc1ccc(-c2ccc(N3CC4CC(C3)N4C3COC3)nc2)cc1)C(O)CN(Cc1c(F)cc(-c2ccn(C(F)F)n2)cc1F)NC(=O)C(NC(=O)O)C(C)(C)C(F)(F)F)C(C)(C)C(F)(F)F. The van der Waals surface area contributed by atoms with Crippen LogP contribution in [0.25, 0.3) is 22.4 Å². The average molecular weight is 1100 g/mol. The van der Waals surface area contributed by atoms with Gasteiger partial charge in [0.2, 0.25) is 5.91 Å². The average Bonchev–Trinajstić information content (AvgIpc) is 3.85. The fourth-order valence-corrected chi connectivity index (χ4v) is 9.39. The number of ether oxygens (including phenoxy) is 2. The first kappa shape index (κ1) is 57.9. The Bertz CT molecular complexity index is 2730. The highest BCUT2D eigenvalue weighted by Gasteiger charge is 2.57. The van der Waals surface area contributed by atoms with Crippen LogP contribution in [0.3, 0.4) is 0 Å². The lowest BCUT2D eigenvalue weighted by Crippen LogP contribution is -2.74. The van der Waals surface area contributed by atoms with E-state index in [1.54, 1.807) is 18.3 Å². The molecular weight excluding hydrogens is 1050 g/mol. The van der Waals surface area contributed by atoms with E-state index in [0.717, 1.165) is 57.9 Å². The molecule has 8 rings (SSSR count). The Hall–Kier alpha value is -6.78. The number of aliphatic hydroxyl groups excluding tert-OH is 1. The zero-order valence-electron chi connectivity index (χ0n) is 41.9. The largest absolute Gasteiger partial charge is 0.465 e. The number of fused-ring (bicyclic) bond motifs is 2. The molecule has 4 aliphatic heterocycles. The van der Waals surface area contributed by atoms with Crippen LogP contribution >= 0.6 is 0 Å². The van der Waals surface area contributed by atoms with Gasteiger partial charge in [0, 0.05) is 67.3 Å². The number of halogens is 10. The summed E-state index contributed by atoms with van der Waals surface area (Å²) in [5.74, 6) is -5.42. The van der Waals surface area contributed by atoms with Crippen molar-refractivity contribution < 1.29 is 82.8 Å². The van der Waals surface area contributed by atoms with Crippen LogP contribution in [0.1, 0.15) is 51.8 Å². The van der Waals surface area contributed by atoms with Crippen LogP contribution in [0.15, 0.2) is 67.0 Å².